The van der Waals surface area contributed by atoms with Crippen molar-refractivity contribution < 1.29 is 83.4 Å². The van der Waals surface area contributed by atoms with Gasteiger partial charge in [-0.15, -0.1) is 0 Å². The topological polar surface area (TPSA) is 110 Å². The molecule has 0 saturated carbocycles. The average molecular weight is 869 g/mol. The number of esters is 2. The third-order valence-electron chi connectivity index (χ3n) is 11.0. The molecule has 1 rings (SSSR count). The minimum absolute atomic E-state index is 0. The van der Waals surface area contributed by atoms with Gasteiger partial charge in [-0.1, -0.05) is 198 Å². The van der Waals surface area contributed by atoms with E-state index in [0.717, 1.165) is 44.6 Å². The summed E-state index contributed by atoms with van der Waals surface area (Å²) < 4.78 is 46.9. The first-order chi connectivity index (χ1) is 28.3. The Hall–Kier alpha value is -0.814. The van der Waals surface area contributed by atoms with Crippen molar-refractivity contribution >= 4 is 22.1 Å². The summed E-state index contributed by atoms with van der Waals surface area (Å²) >= 11 is 0. The number of hydrogen-bond donors (Lipinski definition) is 0. The number of unbranched alkanes of at least 4 members (excludes halogenated alkanes) is 30. The number of rotatable bonds is 41. The van der Waals surface area contributed by atoms with E-state index in [4.69, 9.17) is 9.47 Å². The van der Waals surface area contributed by atoms with E-state index in [1.54, 1.807) is 0 Å². The first kappa shape index (κ1) is 58.2. The molecule has 0 radical (unpaired) electrons. The van der Waals surface area contributed by atoms with Gasteiger partial charge in [0.1, 0.15) is 10.1 Å². The van der Waals surface area contributed by atoms with E-state index in [1.165, 1.54) is 179 Å². The van der Waals surface area contributed by atoms with Crippen molar-refractivity contribution in [2.24, 2.45) is 0 Å². The molecule has 0 aliphatic carbocycles. The van der Waals surface area contributed by atoms with Gasteiger partial charge in [-0.25, -0.2) is 18.0 Å². The molecule has 0 atom stereocenters. The van der Waals surface area contributed by atoms with Crippen LogP contribution in [0.5, 0.6) is 0 Å². The third kappa shape index (κ3) is 34.4. The van der Waals surface area contributed by atoms with Gasteiger partial charge in [0.15, 0.2) is 0 Å². The summed E-state index contributed by atoms with van der Waals surface area (Å²) in [6.07, 6.45) is 50.3. The molecule has 7 nitrogen and oxygen atoms in total. The number of allylic oxidation sites excluding steroid dienone is 4. The Balaban J connectivity index is 0.0000336. The second kappa shape index (κ2) is 42.5. The molecule has 0 saturated heterocycles. The molecular weight excluding hydrogens is 784 g/mol. The van der Waals surface area contributed by atoms with Crippen molar-refractivity contribution in [1.82, 2.24) is 0 Å². The van der Waals surface area contributed by atoms with E-state index in [1.807, 2.05) is 0 Å². The summed E-state index contributed by atoms with van der Waals surface area (Å²) in [6.45, 7) is 4.76. The molecule has 0 aliphatic heterocycles. The molecule has 0 spiro atoms. The van der Waals surface area contributed by atoms with E-state index >= 15 is 0 Å². The maximum absolute atomic E-state index is 13.0. The Kier molecular flexibility index (Phi) is 41.9. The van der Waals surface area contributed by atoms with Gasteiger partial charge in [0, 0.05) is 0 Å². The van der Waals surface area contributed by atoms with Gasteiger partial charge in [-0.05, 0) is 76.3 Å². The van der Waals surface area contributed by atoms with Gasteiger partial charge in [0.05, 0.1) is 29.2 Å². The van der Waals surface area contributed by atoms with Crippen LogP contribution >= 0.6 is 0 Å². The number of carbonyl (C=O) groups excluding carboxylic acids is 2. The first-order valence-corrected chi connectivity index (χ1v) is 25.5. The zero-order valence-electron chi connectivity index (χ0n) is 38.3. The number of hydrogen-bond acceptors (Lipinski definition) is 7. The number of carbonyl (C=O) groups is 2. The molecule has 0 fully saturated rings. The summed E-state index contributed by atoms with van der Waals surface area (Å²) in [5, 5.41) is 0. The minimum atomic E-state index is -5.02. The average Bonchev–Trinajstić information content (AvgIpc) is 3.21. The molecule has 1 aromatic rings. The molecule has 0 bridgehead atoms. The largest absolute Gasteiger partial charge is 1.00 e. The van der Waals surface area contributed by atoms with Crippen LogP contribution in [0.4, 0.5) is 0 Å². The fourth-order valence-electron chi connectivity index (χ4n) is 7.36. The van der Waals surface area contributed by atoms with Gasteiger partial charge in [-0.2, -0.15) is 0 Å². The molecule has 334 valence electrons. The monoisotopic (exact) mass is 869 g/mol. The van der Waals surface area contributed by atoms with E-state index in [-0.39, 0.29) is 70.2 Å². The van der Waals surface area contributed by atoms with Crippen LogP contribution in [0.1, 0.15) is 253 Å². The maximum Gasteiger partial charge on any atom is 1.00 e. The van der Waals surface area contributed by atoms with Gasteiger partial charge >= 0.3 is 63.3 Å². The van der Waals surface area contributed by atoms with E-state index < -0.39 is 32.5 Å². The quantitative estimate of drug-likeness (QED) is 0.0212. The van der Waals surface area contributed by atoms with Crippen LogP contribution in [0.15, 0.2) is 47.4 Å². The normalized spacial score (nSPS) is 11.7. The molecule has 0 unspecified atom stereocenters. The smallest absolute Gasteiger partial charge is 0.744 e. The Morgan fingerprint density at radius 2 is 0.780 bits per heavy atom. The maximum atomic E-state index is 13.0. The molecule has 59 heavy (non-hydrogen) atoms. The minimum Gasteiger partial charge on any atom is -0.744 e. The van der Waals surface area contributed by atoms with Crippen LogP contribution in [-0.4, -0.2) is 38.1 Å². The van der Waals surface area contributed by atoms with Crippen molar-refractivity contribution in [3.8, 4) is 0 Å². The van der Waals surface area contributed by atoms with Gasteiger partial charge in [0.25, 0.3) is 0 Å². The molecule has 9 heteroatoms. The van der Waals surface area contributed by atoms with Crippen LogP contribution in [0.25, 0.3) is 0 Å². The Bertz CT molecular complexity index is 1310. The molecule has 0 heterocycles. The van der Waals surface area contributed by atoms with Crippen LogP contribution in [0.3, 0.4) is 0 Å². The Labute approximate surface area is 405 Å². The molecule has 0 amide bonds. The molecule has 1 aromatic carbocycles. The third-order valence-corrected chi connectivity index (χ3v) is 11.9. The summed E-state index contributed by atoms with van der Waals surface area (Å²) in [4.78, 5) is 25.3. The summed E-state index contributed by atoms with van der Waals surface area (Å²) in [5.74, 6) is -1.81. The molecule has 0 aliphatic rings. The van der Waals surface area contributed by atoms with Crippen molar-refractivity contribution in [1.29, 1.82) is 0 Å². The van der Waals surface area contributed by atoms with Gasteiger partial charge in [0.2, 0.25) is 0 Å². The molecule has 0 N–H and O–H groups in total. The molecular formula is C50H85KO7S. The van der Waals surface area contributed by atoms with Crippen molar-refractivity contribution in [3.63, 3.8) is 0 Å². The first-order valence-electron chi connectivity index (χ1n) is 24.1. The number of benzene rings is 1. The summed E-state index contributed by atoms with van der Waals surface area (Å²) in [6, 6.07) is 3.64. The van der Waals surface area contributed by atoms with E-state index in [9.17, 15) is 22.6 Å². The summed E-state index contributed by atoms with van der Waals surface area (Å²) in [5.41, 5.74) is -0.777. The second-order valence-corrected chi connectivity index (χ2v) is 17.7. The Morgan fingerprint density at radius 3 is 1.12 bits per heavy atom. The van der Waals surface area contributed by atoms with Crippen LogP contribution < -0.4 is 51.4 Å². The van der Waals surface area contributed by atoms with Crippen molar-refractivity contribution in [2.45, 2.75) is 237 Å². The molecule has 0 aromatic heterocycles. The van der Waals surface area contributed by atoms with Crippen LogP contribution in [0, 0.1) is 0 Å². The zero-order valence-corrected chi connectivity index (χ0v) is 42.2. The van der Waals surface area contributed by atoms with Gasteiger partial charge < -0.3 is 14.0 Å². The van der Waals surface area contributed by atoms with Crippen LogP contribution in [0.2, 0.25) is 0 Å². The van der Waals surface area contributed by atoms with Crippen LogP contribution in [-0.2, 0) is 19.6 Å². The fraction of sp³-hybridized carbons (Fsp3) is 0.760. The predicted molar refractivity (Wildman–Crippen MR) is 242 cm³/mol. The van der Waals surface area contributed by atoms with E-state index in [2.05, 4.69) is 38.2 Å². The SMILES string of the molecule is CCCCCCC/C=C/CCCCCCCCCCCCOC(=O)c1cccc(S(=O)(=O)[O-])c1C(=O)OCCCCCCCCCCCC/C=C/CCCCCCC.[K+]. The van der Waals surface area contributed by atoms with Gasteiger partial charge in [-0.3, -0.25) is 0 Å². The van der Waals surface area contributed by atoms with Crippen molar-refractivity contribution in [3.05, 3.63) is 53.6 Å². The summed E-state index contributed by atoms with van der Waals surface area (Å²) in [7, 11) is -5.02. The fourth-order valence-corrected chi connectivity index (χ4v) is 8.05. The van der Waals surface area contributed by atoms with E-state index in [0.29, 0.717) is 12.8 Å². The second-order valence-electron chi connectivity index (χ2n) is 16.4. The standard InChI is InChI=1S/C50H86O7S.K/c1-3-5-7-9-11-13-15-17-19-21-23-25-27-29-31-33-35-37-39-44-56-49(51)46-42-41-43-47(58(53,54)55)48(46)50(52)57-45-40-38-36-34-32-30-28-26-24-22-20-18-16-14-12-10-8-6-4-2;/h15-18,41-43H,3-14,19-40,44-45H2,1-2H3,(H,53,54,55);/q;+1/p-1/b17-15+,18-16+;. The Morgan fingerprint density at radius 1 is 0.475 bits per heavy atom. The van der Waals surface area contributed by atoms with Crippen molar-refractivity contribution in [2.75, 3.05) is 13.2 Å². The number of ether oxygens (including phenoxy) is 2. The zero-order chi connectivity index (χ0) is 42.2. The predicted octanol–water partition coefficient (Wildman–Crippen LogP) is 12.3.